The molecule has 2 atom stereocenters. The summed E-state index contributed by atoms with van der Waals surface area (Å²) in [6.07, 6.45) is -1.88. The summed E-state index contributed by atoms with van der Waals surface area (Å²) >= 11 is 0. The SMILES string of the molecule is CC(O)C(C)O.CCC(O)O. The normalized spacial score (nSPS) is 15.3. The van der Waals surface area contributed by atoms with Gasteiger partial charge in [0.1, 0.15) is 0 Å². The van der Waals surface area contributed by atoms with E-state index in [0.717, 1.165) is 0 Å². The molecule has 4 nitrogen and oxygen atoms in total. The van der Waals surface area contributed by atoms with E-state index in [4.69, 9.17) is 20.4 Å². The Morgan fingerprint density at radius 2 is 1.09 bits per heavy atom. The smallest absolute Gasteiger partial charge is 0.151 e. The highest BCUT2D eigenvalue weighted by Gasteiger charge is 1.99. The van der Waals surface area contributed by atoms with Crippen molar-refractivity contribution in [3.05, 3.63) is 0 Å². The second-order valence-electron chi connectivity index (χ2n) is 2.37. The van der Waals surface area contributed by atoms with Gasteiger partial charge >= 0.3 is 0 Å². The Bertz CT molecular complexity index is 64.8. The van der Waals surface area contributed by atoms with E-state index in [2.05, 4.69) is 0 Å². The van der Waals surface area contributed by atoms with Gasteiger partial charge in [0.05, 0.1) is 12.2 Å². The average molecular weight is 166 g/mol. The van der Waals surface area contributed by atoms with Crippen LogP contribution < -0.4 is 0 Å². The second kappa shape index (κ2) is 7.94. The molecule has 0 saturated heterocycles. The lowest BCUT2D eigenvalue weighted by molar-refractivity contribution is -0.0413. The van der Waals surface area contributed by atoms with Crippen LogP contribution >= 0.6 is 0 Å². The zero-order chi connectivity index (χ0) is 9.44. The molecule has 70 valence electrons. The quantitative estimate of drug-likeness (QED) is 0.415. The van der Waals surface area contributed by atoms with Crippen molar-refractivity contribution in [1.82, 2.24) is 0 Å². The van der Waals surface area contributed by atoms with Gasteiger partial charge in [-0.3, -0.25) is 0 Å². The molecule has 0 spiro atoms. The van der Waals surface area contributed by atoms with Crippen LogP contribution in [0.5, 0.6) is 0 Å². The molecule has 2 unspecified atom stereocenters. The summed E-state index contributed by atoms with van der Waals surface area (Å²) in [5.74, 6) is 0. The maximum absolute atomic E-state index is 8.38. The van der Waals surface area contributed by atoms with Gasteiger partial charge in [0.2, 0.25) is 0 Å². The molecule has 0 aliphatic carbocycles. The van der Waals surface area contributed by atoms with Crippen molar-refractivity contribution in [2.45, 2.75) is 45.7 Å². The molecular weight excluding hydrogens is 148 g/mol. The molecule has 0 heterocycles. The second-order valence-corrected chi connectivity index (χ2v) is 2.37. The highest BCUT2D eigenvalue weighted by molar-refractivity contribution is 4.50. The summed E-state index contributed by atoms with van der Waals surface area (Å²) in [5.41, 5.74) is 0. The molecule has 0 radical (unpaired) electrons. The third-order valence-electron chi connectivity index (χ3n) is 1.06. The van der Waals surface area contributed by atoms with Crippen molar-refractivity contribution in [2.24, 2.45) is 0 Å². The van der Waals surface area contributed by atoms with E-state index in [1.165, 1.54) is 0 Å². The molecule has 0 aromatic heterocycles. The summed E-state index contributed by atoms with van der Waals surface area (Å²) in [5, 5.41) is 32.6. The van der Waals surface area contributed by atoms with Gasteiger partial charge in [0.25, 0.3) is 0 Å². The van der Waals surface area contributed by atoms with Gasteiger partial charge < -0.3 is 20.4 Å². The summed E-state index contributed by atoms with van der Waals surface area (Å²) < 4.78 is 0. The lowest BCUT2D eigenvalue weighted by Crippen LogP contribution is -2.17. The molecule has 0 bridgehead atoms. The first kappa shape index (κ1) is 13.4. The molecule has 4 heteroatoms. The number of aliphatic hydroxyl groups excluding tert-OH is 3. The van der Waals surface area contributed by atoms with Gasteiger partial charge in [0, 0.05) is 0 Å². The first-order valence-electron chi connectivity index (χ1n) is 3.64. The van der Waals surface area contributed by atoms with Crippen LogP contribution in [0.1, 0.15) is 27.2 Å². The van der Waals surface area contributed by atoms with Crippen LogP contribution in [0.2, 0.25) is 0 Å². The van der Waals surface area contributed by atoms with E-state index in [-0.39, 0.29) is 0 Å². The molecule has 0 saturated carbocycles. The fraction of sp³-hybridized carbons (Fsp3) is 1.00. The molecule has 0 rings (SSSR count). The van der Waals surface area contributed by atoms with Crippen LogP contribution in [0.4, 0.5) is 0 Å². The first-order valence-corrected chi connectivity index (χ1v) is 3.64. The minimum Gasteiger partial charge on any atom is -0.391 e. The number of rotatable bonds is 2. The third kappa shape index (κ3) is 17.7. The van der Waals surface area contributed by atoms with Crippen molar-refractivity contribution < 1.29 is 20.4 Å². The van der Waals surface area contributed by atoms with Crippen molar-refractivity contribution in [1.29, 1.82) is 0 Å². The maximum Gasteiger partial charge on any atom is 0.151 e. The lowest BCUT2D eigenvalue weighted by atomic mass is 10.3. The fourth-order valence-electron chi connectivity index (χ4n) is 0. The molecule has 0 fully saturated rings. The molecule has 11 heavy (non-hydrogen) atoms. The van der Waals surface area contributed by atoms with E-state index in [9.17, 15) is 0 Å². The van der Waals surface area contributed by atoms with Crippen molar-refractivity contribution in [3.63, 3.8) is 0 Å². The lowest BCUT2D eigenvalue weighted by Gasteiger charge is -2.03. The van der Waals surface area contributed by atoms with Gasteiger partial charge in [-0.15, -0.1) is 0 Å². The minimum absolute atomic E-state index is 0.417. The van der Waals surface area contributed by atoms with E-state index < -0.39 is 18.5 Å². The zero-order valence-corrected chi connectivity index (χ0v) is 7.23. The average Bonchev–Trinajstić information content (AvgIpc) is 1.89. The number of hydrogen-bond acceptors (Lipinski definition) is 4. The van der Waals surface area contributed by atoms with Crippen LogP contribution in [-0.2, 0) is 0 Å². The van der Waals surface area contributed by atoms with Gasteiger partial charge in [-0.2, -0.15) is 0 Å². The molecule has 0 aliphatic rings. The highest BCUT2D eigenvalue weighted by Crippen LogP contribution is 1.85. The van der Waals surface area contributed by atoms with Crippen LogP contribution in [-0.4, -0.2) is 38.9 Å². The standard InChI is InChI=1S/C4H10O2.C3H8O2/c1-3(5)4(2)6;1-2-3(4)5/h3-6H,1-2H3;3-5H,2H2,1H3. The Morgan fingerprint density at radius 1 is 0.909 bits per heavy atom. The summed E-state index contributed by atoms with van der Waals surface area (Å²) in [6.45, 7) is 4.79. The summed E-state index contributed by atoms with van der Waals surface area (Å²) in [6, 6.07) is 0. The molecule has 4 N–H and O–H groups in total. The monoisotopic (exact) mass is 166 g/mol. The fourth-order valence-corrected chi connectivity index (χ4v) is 0. The molecule has 0 amide bonds. The predicted molar refractivity (Wildman–Crippen MR) is 41.9 cm³/mol. The largest absolute Gasteiger partial charge is 0.391 e. The number of aliphatic hydroxyl groups is 4. The highest BCUT2D eigenvalue weighted by atomic mass is 16.5. The van der Waals surface area contributed by atoms with Crippen molar-refractivity contribution in [2.75, 3.05) is 0 Å². The third-order valence-corrected chi connectivity index (χ3v) is 1.06. The Labute approximate surface area is 67.1 Å². The predicted octanol–water partition coefficient (Wildman–Crippen LogP) is -0.545. The van der Waals surface area contributed by atoms with Crippen LogP contribution in [0.3, 0.4) is 0 Å². The molecule has 0 aromatic rings. The summed E-state index contributed by atoms with van der Waals surface area (Å²) in [4.78, 5) is 0. The Hall–Kier alpha value is -0.160. The van der Waals surface area contributed by atoms with Crippen LogP contribution in [0.25, 0.3) is 0 Å². The summed E-state index contributed by atoms with van der Waals surface area (Å²) in [7, 11) is 0. The molecular formula is C7H18O4. The first-order chi connectivity index (χ1) is 4.91. The van der Waals surface area contributed by atoms with Gasteiger partial charge in [-0.05, 0) is 20.3 Å². The minimum atomic E-state index is -1.12. The maximum atomic E-state index is 8.38. The Morgan fingerprint density at radius 3 is 1.09 bits per heavy atom. The zero-order valence-electron chi connectivity index (χ0n) is 7.23. The molecule has 0 aliphatic heterocycles. The van der Waals surface area contributed by atoms with Gasteiger partial charge in [0.15, 0.2) is 6.29 Å². The van der Waals surface area contributed by atoms with Crippen LogP contribution in [0.15, 0.2) is 0 Å². The van der Waals surface area contributed by atoms with Gasteiger partial charge in [-0.25, -0.2) is 0 Å². The van der Waals surface area contributed by atoms with Crippen molar-refractivity contribution in [3.8, 4) is 0 Å². The van der Waals surface area contributed by atoms with E-state index in [0.29, 0.717) is 6.42 Å². The van der Waals surface area contributed by atoms with E-state index in [1.54, 1.807) is 20.8 Å². The molecule has 0 aromatic carbocycles. The van der Waals surface area contributed by atoms with Gasteiger partial charge in [-0.1, -0.05) is 6.92 Å². The Balaban J connectivity index is 0. The van der Waals surface area contributed by atoms with E-state index >= 15 is 0 Å². The topological polar surface area (TPSA) is 80.9 Å². The Kier molecular flexibility index (Phi) is 9.70. The number of hydrogen-bond donors (Lipinski definition) is 4. The van der Waals surface area contributed by atoms with Crippen molar-refractivity contribution >= 4 is 0 Å². The van der Waals surface area contributed by atoms with Crippen LogP contribution in [0, 0.1) is 0 Å². The van der Waals surface area contributed by atoms with E-state index in [1.807, 2.05) is 0 Å².